The van der Waals surface area contributed by atoms with Gasteiger partial charge in [0.15, 0.2) is 0 Å². The van der Waals surface area contributed by atoms with Gasteiger partial charge in [-0.1, -0.05) is 18.2 Å². The summed E-state index contributed by atoms with van der Waals surface area (Å²) in [6, 6.07) is 8.08. The molecule has 1 aromatic heterocycles. The fourth-order valence-electron chi connectivity index (χ4n) is 2.66. The Bertz CT molecular complexity index is 834. The molecular formula is C15H17N5O4S. The second-order valence-corrected chi connectivity index (χ2v) is 7.41. The van der Waals surface area contributed by atoms with E-state index >= 15 is 0 Å². The highest BCUT2D eigenvalue weighted by molar-refractivity contribution is 7.89. The van der Waals surface area contributed by atoms with Gasteiger partial charge in [0.25, 0.3) is 0 Å². The average molecular weight is 363 g/mol. The summed E-state index contributed by atoms with van der Waals surface area (Å²) in [5, 5.41) is 10.6. The Morgan fingerprint density at radius 2 is 1.72 bits per heavy atom. The van der Waals surface area contributed by atoms with Crippen LogP contribution in [0.3, 0.4) is 0 Å². The maximum atomic E-state index is 12.3. The van der Waals surface area contributed by atoms with E-state index in [1.54, 1.807) is 30.3 Å². The molecule has 1 aliphatic rings. The fraction of sp³-hybridized carbons (Fsp3) is 0.333. The number of piperidine rings is 1. The number of nitro groups is 1. The van der Waals surface area contributed by atoms with Crippen LogP contribution in [0.1, 0.15) is 12.8 Å². The molecule has 0 spiro atoms. The Labute approximate surface area is 144 Å². The van der Waals surface area contributed by atoms with Gasteiger partial charge in [-0.05, 0) is 25.0 Å². The van der Waals surface area contributed by atoms with E-state index in [0.29, 0.717) is 31.9 Å². The zero-order chi connectivity index (χ0) is 17.9. The summed E-state index contributed by atoms with van der Waals surface area (Å²) in [7, 11) is -3.53. The van der Waals surface area contributed by atoms with E-state index in [1.165, 1.54) is 12.4 Å². The molecule has 1 aromatic carbocycles. The highest BCUT2D eigenvalue weighted by Crippen LogP contribution is 2.19. The summed E-state index contributed by atoms with van der Waals surface area (Å²) in [4.78, 5) is 20.2. The molecule has 25 heavy (non-hydrogen) atoms. The van der Waals surface area contributed by atoms with E-state index in [1.807, 2.05) is 4.90 Å². The van der Waals surface area contributed by atoms with Crippen LogP contribution >= 0.6 is 0 Å². The van der Waals surface area contributed by atoms with E-state index in [-0.39, 0.29) is 16.6 Å². The first-order valence-electron chi connectivity index (χ1n) is 7.74. The van der Waals surface area contributed by atoms with Gasteiger partial charge in [-0.3, -0.25) is 10.1 Å². The lowest BCUT2D eigenvalue weighted by atomic mass is 10.1. The summed E-state index contributed by atoms with van der Waals surface area (Å²) < 4.78 is 27.4. The quantitative estimate of drug-likeness (QED) is 0.629. The lowest BCUT2D eigenvalue weighted by Gasteiger charge is -2.32. The first-order chi connectivity index (χ1) is 12.0. The number of sulfonamides is 1. The molecule has 132 valence electrons. The van der Waals surface area contributed by atoms with Crippen LogP contribution in [-0.2, 0) is 10.0 Å². The minimum Gasteiger partial charge on any atom is -0.341 e. The van der Waals surface area contributed by atoms with Crippen molar-refractivity contribution in [2.24, 2.45) is 0 Å². The number of hydrogen-bond acceptors (Lipinski definition) is 7. The summed E-state index contributed by atoms with van der Waals surface area (Å²) in [5.74, 6) is 0.412. The average Bonchev–Trinajstić information content (AvgIpc) is 2.63. The lowest BCUT2D eigenvalue weighted by Crippen LogP contribution is -2.45. The van der Waals surface area contributed by atoms with Crippen molar-refractivity contribution in [2.75, 3.05) is 18.0 Å². The van der Waals surface area contributed by atoms with E-state index in [0.717, 1.165) is 0 Å². The number of nitrogens with one attached hydrogen (secondary N) is 1. The molecule has 0 atom stereocenters. The van der Waals surface area contributed by atoms with Crippen LogP contribution in [0.2, 0.25) is 0 Å². The Morgan fingerprint density at radius 3 is 2.28 bits per heavy atom. The van der Waals surface area contributed by atoms with Crippen molar-refractivity contribution in [1.29, 1.82) is 0 Å². The van der Waals surface area contributed by atoms with E-state index in [2.05, 4.69) is 14.7 Å². The second kappa shape index (κ2) is 7.11. The maximum Gasteiger partial charge on any atom is 0.305 e. The van der Waals surface area contributed by atoms with E-state index < -0.39 is 14.9 Å². The largest absolute Gasteiger partial charge is 0.341 e. The van der Waals surface area contributed by atoms with Crippen molar-refractivity contribution in [3.8, 4) is 0 Å². The minimum absolute atomic E-state index is 0.158. The van der Waals surface area contributed by atoms with Crippen molar-refractivity contribution >= 4 is 21.7 Å². The van der Waals surface area contributed by atoms with Crippen LogP contribution in [0.15, 0.2) is 47.6 Å². The van der Waals surface area contributed by atoms with Gasteiger partial charge < -0.3 is 4.90 Å². The molecule has 10 heteroatoms. The molecule has 0 bridgehead atoms. The van der Waals surface area contributed by atoms with Crippen LogP contribution in [0, 0.1) is 10.1 Å². The molecule has 0 saturated carbocycles. The van der Waals surface area contributed by atoms with Crippen molar-refractivity contribution in [3.05, 3.63) is 52.8 Å². The Morgan fingerprint density at radius 1 is 1.12 bits per heavy atom. The minimum atomic E-state index is -3.53. The molecule has 1 saturated heterocycles. The monoisotopic (exact) mass is 363 g/mol. The lowest BCUT2D eigenvalue weighted by molar-refractivity contribution is -0.385. The Balaban J connectivity index is 1.59. The van der Waals surface area contributed by atoms with E-state index in [4.69, 9.17) is 0 Å². The van der Waals surface area contributed by atoms with Crippen LogP contribution in [-0.4, -0.2) is 42.4 Å². The summed E-state index contributed by atoms with van der Waals surface area (Å²) in [6.07, 6.45) is 3.55. The number of hydrogen-bond donors (Lipinski definition) is 1. The highest BCUT2D eigenvalue weighted by Gasteiger charge is 2.25. The van der Waals surface area contributed by atoms with Crippen LogP contribution < -0.4 is 9.62 Å². The molecule has 0 unspecified atom stereocenters. The third-order valence-electron chi connectivity index (χ3n) is 3.99. The van der Waals surface area contributed by atoms with Crippen molar-refractivity contribution in [1.82, 2.24) is 14.7 Å². The van der Waals surface area contributed by atoms with Crippen LogP contribution in [0.4, 0.5) is 11.6 Å². The van der Waals surface area contributed by atoms with Gasteiger partial charge in [0.1, 0.15) is 12.4 Å². The number of aromatic nitrogens is 2. The number of benzene rings is 1. The Kier molecular flexibility index (Phi) is 4.91. The SMILES string of the molecule is O=[N+]([O-])c1cnc(N2CCC(NS(=O)(=O)c3ccccc3)CC2)nc1. The van der Waals surface area contributed by atoms with Gasteiger partial charge in [0, 0.05) is 19.1 Å². The van der Waals surface area contributed by atoms with Crippen LogP contribution in [0.5, 0.6) is 0 Å². The normalized spacial score (nSPS) is 15.9. The molecule has 1 fully saturated rings. The van der Waals surface area contributed by atoms with Crippen LogP contribution in [0.25, 0.3) is 0 Å². The molecule has 0 aliphatic carbocycles. The molecule has 0 radical (unpaired) electrons. The highest BCUT2D eigenvalue weighted by atomic mass is 32.2. The number of rotatable bonds is 5. The summed E-state index contributed by atoms with van der Waals surface area (Å²) in [6.45, 7) is 1.14. The molecule has 1 aliphatic heterocycles. The zero-order valence-electron chi connectivity index (χ0n) is 13.3. The fourth-order valence-corrected chi connectivity index (χ4v) is 3.98. The molecule has 2 aromatic rings. The van der Waals surface area contributed by atoms with Crippen molar-refractivity contribution in [3.63, 3.8) is 0 Å². The van der Waals surface area contributed by atoms with Gasteiger partial charge in [-0.25, -0.2) is 23.1 Å². The van der Waals surface area contributed by atoms with Gasteiger partial charge in [0.2, 0.25) is 16.0 Å². The maximum absolute atomic E-state index is 12.3. The van der Waals surface area contributed by atoms with Gasteiger partial charge in [-0.15, -0.1) is 0 Å². The molecule has 2 heterocycles. The summed E-state index contributed by atoms with van der Waals surface area (Å²) in [5.41, 5.74) is -0.158. The van der Waals surface area contributed by atoms with Gasteiger partial charge >= 0.3 is 5.69 Å². The molecule has 1 N–H and O–H groups in total. The van der Waals surface area contributed by atoms with Crippen molar-refractivity contribution in [2.45, 2.75) is 23.8 Å². The van der Waals surface area contributed by atoms with Gasteiger partial charge in [-0.2, -0.15) is 0 Å². The standard InChI is InChI=1S/C15H17N5O4S/c21-20(22)13-10-16-15(17-11-13)19-8-6-12(7-9-19)18-25(23,24)14-4-2-1-3-5-14/h1-5,10-12,18H,6-9H2. The molecular weight excluding hydrogens is 346 g/mol. The summed E-state index contributed by atoms with van der Waals surface area (Å²) >= 11 is 0. The first-order valence-corrected chi connectivity index (χ1v) is 9.23. The predicted molar refractivity (Wildman–Crippen MR) is 90.7 cm³/mol. The predicted octanol–water partition coefficient (Wildman–Crippen LogP) is 1.33. The van der Waals surface area contributed by atoms with Gasteiger partial charge in [0.05, 0.1) is 9.82 Å². The topological polar surface area (TPSA) is 118 Å². The molecule has 0 amide bonds. The molecule has 9 nitrogen and oxygen atoms in total. The number of nitrogens with zero attached hydrogens (tertiary/aromatic N) is 4. The second-order valence-electron chi connectivity index (χ2n) is 5.69. The smallest absolute Gasteiger partial charge is 0.305 e. The Hall–Kier alpha value is -2.59. The van der Waals surface area contributed by atoms with E-state index in [9.17, 15) is 18.5 Å². The van der Waals surface area contributed by atoms with Crippen molar-refractivity contribution < 1.29 is 13.3 Å². The first kappa shape index (κ1) is 17.2. The third kappa shape index (κ3) is 4.09. The third-order valence-corrected chi connectivity index (χ3v) is 5.52. The zero-order valence-corrected chi connectivity index (χ0v) is 14.1. The molecule has 3 rings (SSSR count). The number of anilines is 1.